The molecule has 0 N–H and O–H groups in total. The van der Waals surface area contributed by atoms with Crippen LogP contribution in [-0.4, -0.2) is 55.2 Å². The Bertz CT molecular complexity index is 233. The van der Waals surface area contributed by atoms with Gasteiger partial charge in [-0.25, -0.2) is 4.79 Å². The van der Waals surface area contributed by atoms with Crippen LogP contribution >= 0.6 is 0 Å². The van der Waals surface area contributed by atoms with Crippen LogP contribution < -0.4 is 0 Å². The first kappa shape index (κ1) is 12.3. The largest absolute Gasteiger partial charge is 0.377 e. The lowest BCUT2D eigenvalue weighted by Gasteiger charge is -2.40. The summed E-state index contributed by atoms with van der Waals surface area (Å²) >= 11 is 0. The summed E-state index contributed by atoms with van der Waals surface area (Å²) in [6.45, 7) is 6.35. The molecule has 1 heterocycles. The lowest BCUT2D eigenvalue weighted by atomic mass is 9.95. The molecule has 1 unspecified atom stereocenters. The number of urea groups is 1. The van der Waals surface area contributed by atoms with Gasteiger partial charge >= 0.3 is 6.03 Å². The minimum absolute atomic E-state index is 0.112. The molecule has 1 atom stereocenters. The molecule has 0 aliphatic carbocycles. The average molecular weight is 214 g/mol. The van der Waals surface area contributed by atoms with Crippen LogP contribution in [0.3, 0.4) is 0 Å². The first-order valence-corrected chi connectivity index (χ1v) is 5.57. The van der Waals surface area contributed by atoms with E-state index < -0.39 is 0 Å². The van der Waals surface area contributed by atoms with Crippen molar-refractivity contribution in [3.05, 3.63) is 0 Å². The lowest BCUT2D eigenvalue weighted by molar-refractivity contribution is -0.0426. The summed E-state index contributed by atoms with van der Waals surface area (Å²) in [5, 5.41) is 0. The Morgan fingerprint density at radius 1 is 1.60 bits per heavy atom. The van der Waals surface area contributed by atoms with Crippen molar-refractivity contribution < 1.29 is 9.53 Å². The third-order valence-electron chi connectivity index (χ3n) is 3.22. The van der Waals surface area contributed by atoms with Crippen LogP contribution in [0.4, 0.5) is 4.79 Å². The Kier molecular flexibility index (Phi) is 3.97. The number of likely N-dealkylation sites (tertiary alicyclic amines) is 1. The third kappa shape index (κ3) is 2.84. The van der Waals surface area contributed by atoms with Gasteiger partial charge in [0.1, 0.15) is 0 Å². The molecule has 4 nitrogen and oxygen atoms in total. The summed E-state index contributed by atoms with van der Waals surface area (Å²) in [5.41, 5.74) is -0.164. The Morgan fingerprint density at radius 3 is 2.80 bits per heavy atom. The number of ether oxygens (including phenoxy) is 1. The summed E-state index contributed by atoms with van der Waals surface area (Å²) in [6.07, 6.45) is 2.05. The topological polar surface area (TPSA) is 32.8 Å². The van der Waals surface area contributed by atoms with Crippen molar-refractivity contribution in [2.24, 2.45) is 0 Å². The zero-order chi connectivity index (χ0) is 11.5. The quantitative estimate of drug-likeness (QED) is 0.699. The highest BCUT2D eigenvalue weighted by Gasteiger charge is 2.33. The van der Waals surface area contributed by atoms with Crippen molar-refractivity contribution in [3.8, 4) is 0 Å². The highest BCUT2D eigenvalue weighted by molar-refractivity contribution is 5.74. The molecule has 0 bridgehead atoms. The van der Waals surface area contributed by atoms with Crippen molar-refractivity contribution in [3.63, 3.8) is 0 Å². The highest BCUT2D eigenvalue weighted by atomic mass is 16.5. The molecule has 1 fully saturated rings. The minimum atomic E-state index is -0.164. The van der Waals surface area contributed by atoms with Gasteiger partial charge in [-0.05, 0) is 26.7 Å². The Balaban J connectivity index is 2.60. The Labute approximate surface area is 92.2 Å². The zero-order valence-corrected chi connectivity index (χ0v) is 10.2. The minimum Gasteiger partial charge on any atom is -0.377 e. The number of carbonyl (C=O) groups is 1. The molecule has 0 radical (unpaired) electrons. The number of carbonyl (C=O) groups excluding carboxylic acids is 1. The molecule has 2 amide bonds. The third-order valence-corrected chi connectivity index (χ3v) is 3.22. The van der Waals surface area contributed by atoms with E-state index in [2.05, 4.69) is 6.92 Å². The highest BCUT2D eigenvalue weighted by Crippen LogP contribution is 2.24. The molecular weight excluding hydrogens is 192 g/mol. The second kappa shape index (κ2) is 4.84. The molecular formula is C11H22N2O2. The fourth-order valence-corrected chi connectivity index (χ4v) is 1.91. The molecule has 1 aliphatic heterocycles. The molecule has 0 aromatic rings. The van der Waals surface area contributed by atoms with E-state index in [1.807, 2.05) is 18.9 Å². The fourth-order valence-electron chi connectivity index (χ4n) is 1.91. The van der Waals surface area contributed by atoms with Crippen LogP contribution in [0.1, 0.15) is 26.7 Å². The molecule has 1 aliphatic rings. The summed E-state index contributed by atoms with van der Waals surface area (Å²) in [5.74, 6) is 0. The lowest BCUT2D eigenvalue weighted by Crippen LogP contribution is -2.52. The summed E-state index contributed by atoms with van der Waals surface area (Å²) in [4.78, 5) is 15.6. The first-order chi connectivity index (χ1) is 7.02. The SMILES string of the molecule is CCN(C)C(=O)N1CCCC(C)(OC)C1. The maximum atomic E-state index is 11.9. The summed E-state index contributed by atoms with van der Waals surface area (Å²) in [7, 11) is 3.55. The van der Waals surface area contributed by atoms with Crippen molar-refractivity contribution in [1.29, 1.82) is 0 Å². The van der Waals surface area contributed by atoms with Crippen LogP contribution in [-0.2, 0) is 4.74 Å². The molecule has 0 spiro atoms. The zero-order valence-electron chi connectivity index (χ0n) is 10.2. The molecule has 15 heavy (non-hydrogen) atoms. The number of nitrogens with zero attached hydrogens (tertiary/aromatic N) is 2. The van der Waals surface area contributed by atoms with Gasteiger partial charge in [-0.15, -0.1) is 0 Å². The predicted molar refractivity (Wildman–Crippen MR) is 59.9 cm³/mol. The standard InChI is InChI=1S/C11H22N2O2/c1-5-12(3)10(14)13-8-6-7-11(2,9-13)15-4/h5-9H2,1-4H3. The summed E-state index contributed by atoms with van der Waals surface area (Å²) < 4.78 is 5.46. The monoisotopic (exact) mass is 214 g/mol. The van der Waals surface area contributed by atoms with Crippen molar-refractivity contribution in [2.45, 2.75) is 32.3 Å². The van der Waals surface area contributed by atoms with Gasteiger partial charge < -0.3 is 14.5 Å². The van der Waals surface area contributed by atoms with E-state index in [4.69, 9.17) is 4.74 Å². The number of piperidine rings is 1. The van der Waals surface area contributed by atoms with Gasteiger partial charge in [0.25, 0.3) is 0 Å². The number of amides is 2. The van der Waals surface area contributed by atoms with Crippen molar-refractivity contribution in [2.75, 3.05) is 33.8 Å². The van der Waals surface area contributed by atoms with Crippen LogP contribution in [0, 0.1) is 0 Å². The summed E-state index contributed by atoms with van der Waals surface area (Å²) in [6, 6.07) is 0.112. The number of hydrogen-bond donors (Lipinski definition) is 0. The fraction of sp³-hybridized carbons (Fsp3) is 0.909. The van der Waals surface area contributed by atoms with E-state index in [0.717, 1.165) is 25.9 Å². The molecule has 0 aromatic carbocycles. The van der Waals surface area contributed by atoms with Gasteiger partial charge in [-0.1, -0.05) is 0 Å². The number of rotatable bonds is 2. The van der Waals surface area contributed by atoms with Crippen molar-refractivity contribution in [1.82, 2.24) is 9.80 Å². The first-order valence-electron chi connectivity index (χ1n) is 5.57. The average Bonchev–Trinajstić information content (AvgIpc) is 2.27. The van der Waals surface area contributed by atoms with Gasteiger partial charge in [-0.2, -0.15) is 0 Å². The molecule has 0 saturated carbocycles. The smallest absolute Gasteiger partial charge is 0.319 e. The number of hydrogen-bond acceptors (Lipinski definition) is 2. The van der Waals surface area contributed by atoms with E-state index in [1.165, 1.54) is 0 Å². The molecule has 0 aromatic heterocycles. The van der Waals surface area contributed by atoms with Crippen LogP contribution in [0.15, 0.2) is 0 Å². The van der Waals surface area contributed by atoms with Gasteiger partial charge in [0.15, 0.2) is 0 Å². The molecule has 88 valence electrons. The number of methoxy groups -OCH3 is 1. The van der Waals surface area contributed by atoms with Gasteiger partial charge in [0, 0.05) is 27.2 Å². The van der Waals surface area contributed by atoms with E-state index in [0.29, 0.717) is 6.54 Å². The van der Waals surface area contributed by atoms with Crippen LogP contribution in [0.2, 0.25) is 0 Å². The van der Waals surface area contributed by atoms with E-state index in [-0.39, 0.29) is 11.6 Å². The van der Waals surface area contributed by atoms with Crippen LogP contribution in [0.5, 0.6) is 0 Å². The molecule has 1 rings (SSSR count). The van der Waals surface area contributed by atoms with Crippen molar-refractivity contribution >= 4 is 6.03 Å². The van der Waals surface area contributed by atoms with E-state index >= 15 is 0 Å². The molecule has 1 saturated heterocycles. The Morgan fingerprint density at radius 2 is 2.27 bits per heavy atom. The second-order valence-electron chi connectivity index (χ2n) is 4.48. The van der Waals surface area contributed by atoms with E-state index in [9.17, 15) is 4.79 Å². The Hall–Kier alpha value is -0.770. The maximum absolute atomic E-state index is 11.9. The van der Waals surface area contributed by atoms with Crippen LogP contribution in [0.25, 0.3) is 0 Å². The predicted octanol–water partition coefficient (Wildman–Crippen LogP) is 1.56. The van der Waals surface area contributed by atoms with E-state index in [1.54, 1.807) is 12.0 Å². The van der Waals surface area contributed by atoms with Gasteiger partial charge in [0.2, 0.25) is 0 Å². The second-order valence-corrected chi connectivity index (χ2v) is 4.48. The van der Waals surface area contributed by atoms with Gasteiger partial charge in [-0.3, -0.25) is 0 Å². The van der Waals surface area contributed by atoms with Gasteiger partial charge in [0.05, 0.1) is 12.1 Å². The molecule has 4 heteroatoms. The normalized spacial score (nSPS) is 26.5. The maximum Gasteiger partial charge on any atom is 0.319 e.